The van der Waals surface area contributed by atoms with Gasteiger partial charge in [0.15, 0.2) is 0 Å². The number of nitrogens with zero attached hydrogens (tertiary/aromatic N) is 6. The highest BCUT2D eigenvalue weighted by atomic mass is 19.4. The molecule has 2 saturated heterocycles. The molecule has 2 fully saturated rings. The Morgan fingerprint density at radius 3 is 2.35 bits per heavy atom. The second kappa shape index (κ2) is 11.7. The Bertz CT molecular complexity index is 1060. The van der Waals surface area contributed by atoms with Gasteiger partial charge in [0.2, 0.25) is 5.91 Å². The molecule has 0 atom stereocenters. The molecule has 0 aromatic carbocycles. The van der Waals surface area contributed by atoms with E-state index in [1.54, 1.807) is 6.20 Å². The van der Waals surface area contributed by atoms with E-state index in [0.29, 0.717) is 25.2 Å². The zero-order valence-electron chi connectivity index (χ0n) is 20.2. The van der Waals surface area contributed by atoms with Crippen molar-refractivity contribution in [3.05, 3.63) is 29.6 Å². The third-order valence-electron chi connectivity index (χ3n) is 6.79. The van der Waals surface area contributed by atoms with Crippen molar-refractivity contribution in [1.29, 1.82) is 0 Å². The van der Waals surface area contributed by atoms with E-state index in [9.17, 15) is 31.1 Å². The summed E-state index contributed by atoms with van der Waals surface area (Å²) in [6.07, 6.45) is 1.60. The number of likely N-dealkylation sites (tertiary alicyclic amines) is 1. The Hall–Kier alpha value is -2.90. The average Bonchev–Trinajstić information content (AvgIpc) is 3.18. The van der Waals surface area contributed by atoms with E-state index in [2.05, 4.69) is 30.1 Å². The molecular formula is C23H29F6N7O. The molecule has 0 unspecified atom stereocenters. The minimum Gasteiger partial charge on any atom is -0.356 e. The van der Waals surface area contributed by atoms with Crippen molar-refractivity contribution >= 4 is 17.5 Å². The maximum atomic E-state index is 13.0. The summed E-state index contributed by atoms with van der Waals surface area (Å²) in [5.74, 6) is 2.27. The van der Waals surface area contributed by atoms with Crippen LogP contribution in [0.15, 0.2) is 12.5 Å². The van der Waals surface area contributed by atoms with Gasteiger partial charge in [0, 0.05) is 50.3 Å². The average molecular weight is 534 g/mol. The van der Waals surface area contributed by atoms with Crippen LogP contribution in [0.3, 0.4) is 0 Å². The number of alkyl halides is 6. The van der Waals surface area contributed by atoms with Crippen LogP contribution in [0.2, 0.25) is 0 Å². The number of halogens is 6. The molecule has 14 heteroatoms. The maximum absolute atomic E-state index is 13.0. The molecule has 0 aliphatic carbocycles. The summed E-state index contributed by atoms with van der Waals surface area (Å²) in [5, 5.41) is 2.81. The van der Waals surface area contributed by atoms with Crippen molar-refractivity contribution in [2.24, 2.45) is 0 Å². The number of hydrogen-bond donors (Lipinski definition) is 1. The van der Waals surface area contributed by atoms with Crippen LogP contribution in [0.25, 0.3) is 0 Å². The van der Waals surface area contributed by atoms with Gasteiger partial charge in [-0.25, -0.2) is 15.0 Å². The third kappa shape index (κ3) is 7.33. The van der Waals surface area contributed by atoms with Gasteiger partial charge < -0.3 is 19.7 Å². The molecule has 0 bridgehead atoms. The summed E-state index contributed by atoms with van der Waals surface area (Å²) in [6, 6.07) is 0. The number of carbonyl (C=O) groups excluding carboxylic acids is 1. The molecule has 3 aliphatic rings. The van der Waals surface area contributed by atoms with Gasteiger partial charge in [0.1, 0.15) is 23.8 Å². The zero-order chi connectivity index (χ0) is 26.6. The van der Waals surface area contributed by atoms with E-state index in [0.717, 1.165) is 62.8 Å². The largest absolute Gasteiger partial charge is 0.394 e. The highest BCUT2D eigenvalue weighted by molar-refractivity contribution is 5.93. The lowest BCUT2D eigenvalue weighted by molar-refractivity contribution is -0.127. The Kier molecular flexibility index (Phi) is 8.55. The lowest BCUT2D eigenvalue weighted by Crippen LogP contribution is -2.39. The van der Waals surface area contributed by atoms with Gasteiger partial charge in [0.25, 0.3) is 0 Å². The number of carbonyl (C=O) groups is 1. The first-order valence-electron chi connectivity index (χ1n) is 12.2. The quantitative estimate of drug-likeness (QED) is 0.567. The highest BCUT2D eigenvalue weighted by Crippen LogP contribution is 2.34. The predicted octanol–water partition coefficient (Wildman–Crippen LogP) is 3.93. The number of rotatable bonds is 6. The van der Waals surface area contributed by atoms with Crippen molar-refractivity contribution in [1.82, 2.24) is 24.4 Å². The first-order valence-corrected chi connectivity index (χ1v) is 12.2. The predicted molar refractivity (Wildman–Crippen MR) is 123 cm³/mol. The van der Waals surface area contributed by atoms with Crippen molar-refractivity contribution in [3.8, 4) is 0 Å². The van der Waals surface area contributed by atoms with Crippen molar-refractivity contribution in [3.63, 3.8) is 0 Å². The fraction of sp³-hybridized carbons (Fsp3) is 0.652. The third-order valence-corrected chi connectivity index (χ3v) is 6.79. The summed E-state index contributed by atoms with van der Waals surface area (Å²) in [6.45, 7) is 1.42. The van der Waals surface area contributed by atoms with Crippen LogP contribution in [0.4, 0.5) is 38.0 Å². The maximum Gasteiger partial charge on any atom is 0.394 e. The van der Waals surface area contributed by atoms with Crippen LogP contribution in [0, 0.1) is 0 Å². The van der Waals surface area contributed by atoms with Crippen molar-refractivity contribution in [2.75, 3.05) is 42.9 Å². The first kappa shape index (κ1) is 27.1. The SMILES string of the molecule is FC(F)F.O=C1CCc2c(ncnc2N2CCC(c3nc(CC(F)(F)F)cn3CCN3CCC3)CC2)N1. The van der Waals surface area contributed by atoms with Crippen LogP contribution >= 0.6 is 0 Å². The molecule has 1 N–H and O–H groups in total. The van der Waals surface area contributed by atoms with Gasteiger partial charge in [0.05, 0.1) is 12.1 Å². The molecule has 0 radical (unpaired) electrons. The molecule has 2 aromatic rings. The van der Waals surface area contributed by atoms with Gasteiger partial charge in [-0.1, -0.05) is 0 Å². The normalized spacial score (nSPS) is 18.7. The zero-order valence-corrected chi connectivity index (χ0v) is 20.2. The number of imidazole rings is 1. The smallest absolute Gasteiger partial charge is 0.356 e. The van der Waals surface area contributed by atoms with E-state index in [-0.39, 0.29) is 17.5 Å². The van der Waals surface area contributed by atoms with E-state index in [1.807, 2.05) is 4.57 Å². The van der Waals surface area contributed by atoms with E-state index < -0.39 is 19.3 Å². The number of amides is 1. The molecule has 5 heterocycles. The summed E-state index contributed by atoms with van der Waals surface area (Å²) >= 11 is 0. The lowest BCUT2D eigenvalue weighted by atomic mass is 9.95. The summed E-state index contributed by atoms with van der Waals surface area (Å²) in [5.41, 5.74) is 1.06. The number of fused-ring (bicyclic) bond motifs is 1. The van der Waals surface area contributed by atoms with Gasteiger partial charge in [-0.2, -0.15) is 26.3 Å². The minimum atomic E-state index is -4.27. The first-order chi connectivity index (χ1) is 17.6. The standard InChI is InChI=1S/C22H28F3N7O.CHF3/c23-22(24,25)12-16-13-32(11-10-30-6-1-7-30)20(28-16)15-4-8-31(9-5-15)21-17-2-3-18(33)29-19(17)26-14-27-21;2-1(3)4/h13-15H,1-12H2,(H,26,27,29,33);1H. The molecule has 5 rings (SSSR count). The van der Waals surface area contributed by atoms with Crippen molar-refractivity contribution in [2.45, 2.75) is 63.8 Å². The Balaban J connectivity index is 0.000000747. The molecular weight excluding hydrogens is 504 g/mol. The Morgan fingerprint density at radius 2 is 1.73 bits per heavy atom. The van der Waals surface area contributed by atoms with Crippen molar-refractivity contribution < 1.29 is 31.1 Å². The van der Waals surface area contributed by atoms with Crippen LogP contribution in [-0.4, -0.2) is 75.9 Å². The Morgan fingerprint density at radius 1 is 1.03 bits per heavy atom. The van der Waals surface area contributed by atoms with Gasteiger partial charge in [-0.15, -0.1) is 0 Å². The molecule has 0 spiro atoms. The number of nitrogens with one attached hydrogen (secondary N) is 1. The number of aromatic nitrogens is 4. The molecule has 1 amide bonds. The van der Waals surface area contributed by atoms with Crippen LogP contribution in [-0.2, 0) is 24.2 Å². The highest BCUT2D eigenvalue weighted by Gasteiger charge is 2.32. The van der Waals surface area contributed by atoms with Crippen LogP contribution in [0.5, 0.6) is 0 Å². The molecule has 8 nitrogen and oxygen atoms in total. The number of anilines is 2. The summed E-state index contributed by atoms with van der Waals surface area (Å²) in [7, 11) is 0. The van der Waals surface area contributed by atoms with E-state index >= 15 is 0 Å². The number of piperidine rings is 1. The molecule has 204 valence electrons. The van der Waals surface area contributed by atoms with Gasteiger partial charge in [-0.05, 0) is 38.8 Å². The monoisotopic (exact) mass is 533 g/mol. The van der Waals surface area contributed by atoms with Gasteiger partial charge >= 0.3 is 12.9 Å². The second-order valence-corrected chi connectivity index (χ2v) is 9.35. The fourth-order valence-corrected chi connectivity index (χ4v) is 4.93. The summed E-state index contributed by atoms with van der Waals surface area (Å²) in [4.78, 5) is 29.3. The van der Waals surface area contributed by atoms with Crippen LogP contribution < -0.4 is 10.2 Å². The van der Waals surface area contributed by atoms with E-state index in [4.69, 9.17) is 0 Å². The number of hydrogen-bond acceptors (Lipinski definition) is 6. The van der Waals surface area contributed by atoms with Crippen LogP contribution in [0.1, 0.15) is 48.7 Å². The summed E-state index contributed by atoms with van der Waals surface area (Å²) < 4.78 is 69.9. The lowest BCUT2D eigenvalue weighted by Gasteiger charge is -2.35. The topological polar surface area (TPSA) is 79.2 Å². The minimum absolute atomic E-state index is 0.0365. The molecule has 37 heavy (non-hydrogen) atoms. The fourth-order valence-electron chi connectivity index (χ4n) is 4.93. The van der Waals surface area contributed by atoms with Gasteiger partial charge in [-0.3, -0.25) is 4.79 Å². The van der Waals surface area contributed by atoms with E-state index in [1.165, 1.54) is 12.7 Å². The second-order valence-electron chi connectivity index (χ2n) is 9.35. The molecule has 0 saturated carbocycles. The Labute approximate surface area is 210 Å². The molecule has 2 aromatic heterocycles. The molecule has 3 aliphatic heterocycles.